The summed E-state index contributed by atoms with van der Waals surface area (Å²) in [5, 5.41) is 0. The summed E-state index contributed by atoms with van der Waals surface area (Å²) >= 11 is 5.03. The van der Waals surface area contributed by atoms with Crippen molar-refractivity contribution >= 4 is 23.9 Å². The van der Waals surface area contributed by atoms with Crippen LogP contribution in [-0.4, -0.2) is 9.55 Å². The van der Waals surface area contributed by atoms with Crippen LogP contribution in [0.3, 0.4) is 0 Å². The van der Waals surface area contributed by atoms with Gasteiger partial charge >= 0.3 is 0 Å². The van der Waals surface area contributed by atoms with E-state index in [0.29, 0.717) is 16.4 Å². The Morgan fingerprint density at radius 1 is 1.54 bits per heavy atom. The molecular weight excluding hydrogens is 184 g/mol. The minimum atomic E-state index is 0.384. The van der Waals surface area contributed by atoms with E-state index >= 15 is 0 Å². The van der Waals surface area contributed by atoms with E-state index in [-0.39, 0.29) is 0 Å². The van der Waals surface area contributed by atoms with E-state index in [4.69, 9.17) is 23.7 Å². The van der Waals surface area contributed by atoms with Crippen LogP contribution in [0.4, 0.5) is 11.6 Å². The van der Waals surface area contributed by atoms with Gasteiger partial charge in [-0.25, -0.2) is 4.98 Å². The average molecular weight is 198 g/mol. The van der Waals surface area contributed by atoms with E-state index in [9.17, 15) is 0 Å². The summed E-state index contributed by atoms with van der Waals surface area (Å²) < 4.78 is 2.26. The van der Waals surface area contributed by atoms with Crippen molar-refractivity contribution in [1.29, 1.82) is 0 Å². The third-order valence-corrected chi connectivity index (χ3v) is 2.11. The lowest BCUT2D eigenvalue weighted by Gasteiger charge is -2.09. The molecule has 0 radical (unpaired) electrons. The largest absolute Gasteiger partial charge is 0.385 e. The number of aromatic nitrogens is 2. The summed E-state index contributed by atoms with van der Waals surface area (Å²) in [6.07, 6.45) is 2.15. The lowest BCUT2D eigenvalue weighted by Crippen LogP contribution is -2.10. The highest BCUT2D eigenvalue weighted by Crippen LogP contribution is 2.08. The van der Waals surface area contributed by atoms with E-state index in [2.05, 4.69) is 11.9 Å². The van der Waals surface area contributed by atoms with Crippen molar-refractivity contribution in [1.82, 2.24) is 9.55 Å². The first-order valence-electron chi connectivity index (χ1n) is 4.28. The van der Waals surface area contributed by atoms with Crippen LogP contribution in [0.1, 0.15) is 19.8 Å². The Morgan fingerprint density at radius 2 is 2.23 bits per heavy atom. The molecule has 0 saturated carbocycles. The smallest absolute Gasteiger partial charge is 0.202 e. The first kappa shape index (κ1) is 9.98. The Bertz CT molecular complexity index is 344. The lowest BCUT2D eigenvalue weighted by atomic mass is 10.3. The second kappa shape index (κ2) is 4.23. The summed E-state index contributed by atoms with van der Waals surface area (Å²) in [5.74, 6) is 0.973. The molecule has 0 fully saturated rings. The summed E-state index contributed by atoms with van der Waals surface area (Å²) in [6, 6.07) is 1.63. The average Bonchev–Trinajstić information content (AvgIpc) is 2.02. The molecule has 72 valence electrons. The molecule has 0 atom stereocenters. The highest BCUT2D eigenvalue weighted by molar-refractivity contribution is 7.71. The van der Waals surface area contributed by atoms with Crippen LogP contribution in [0.5, 0.6) is 0 Å². The minimum Gasteiger partial charge on any atom is -0.385 e. The normalized spacial score (nSPS) is 10.2. The number of anilines is 2. The highest BCUT2D eigenvalue weighted by atomic mass is 32.1. The Balaban J connectivity index is 2.99. The second-order valence-electron chi connectivity index (χ2n) is 2.89. The molecule has 1 heterocycles. The first-order valence-corrected chi connectivity index (χ1v) is 4.68. The van der Waals surface area contributed by atoms with Crippen molar-refractivity contribution in [3.63, 3.8) is 0 Å². The van der Waals surface area contributed by atoms with Crippen molar-refractivity contribution in [3.8, 4) is 0 Å². The fourth-order valence-corrected chi connectivity index (χ4v) is 1.39. The standard InChI is InChI=1S/C8H14N4S/c1-2-3-4-12-7(10)5-6(9)11-8(12)13/h5H,2-4,10H2,1H3,(H2,9,11,13). The van der Waals surface area contributed by atoms with Crippen molar-refractivity contribution in [3.05, 3.63) is 10.8 Å². The molecule has 0 amide bonds. The van der Waals surface area contributed by atoms with Crippen LogP contribution in [0.15, 0.2) is 6.07 Å². The van der Waals surface area contributed by atoms with Gasteiger partial charge in [0.25, 0.3) is 0 Å². The van der Waals surface area contributed by atoms with E-state index in [1.807, 2.05) is 0 Å². The van der Waals surface area contributed by atoms with Crippen LogP contribution in [0, 0.1) is 4.77 Å². The van der Waals surface area contributed by atoms with Gasteiger partial charge in [-0.2, -0.15) is 0 Å². The molecule has 1 aromatic heterocycles. The van der Waals surface area contributed by atoms with Gasteiger partial charge in [0.05, 0.1) is 0 Å². The van der Waals surface area contributed by atoms with Gasteiger partial charge in [0.15, 0.2) is 0 Å². The maximum absolute atomic E-state index is 5.74. The van der Waals surface area contributed by atoms with Gasteiger partial charge in [-0.15, -0.1) is 0 Å². The van der Waals surface area contributed by atoms with Crippen molar-refractivity contribution in [2.24, 2.45) is 0 Å². The molecule has 0 saturated heterocycles. The summed E-state index contributed by atoms with van der Waals surface area (Å²) in [6.45, 7) is 2.93. The second-order valence-corrected chi connectivity index (χ2v) is 3.26. The molecule has 5 heteroatoms. The third kappa shape index (κ3) is 2.42. The number of rotatable bonds is 3. The molecule has 0 aliphatic heterocycles. The first-order chi connectivity index (χ1) is 6.15. The topological polar surface area (TPSA) is 69.9 Å². The van der Waals surface area contributed by atoms with E-state index in [1.54, 1.807) is 10.6 Å². The fraction of sp³-hybridized carbons (Fsp3) is 0.500. The van der Waals surface area contributed by atoms with Crippen LogP contribution in [0.25, 0.3) is 0 Å². The highest BCUT2D eigenvalue weighted by Gasteiger charge is 1.99. The zero-order valence-electron chi connectivity index (χ0n) is 7.66. The van der Waals surface area contributed by atoms with Crippen LogP contribution in [0.2, 0.25) is 0 Å². The fourth-order valence-electron chi connectivity index (χ4n) is 1.08. The number of nitrogen functional groups attached to an aromatic ring is 2. The monoisotopic (exact) mass is 198 g/mol. The van der Waals surface area contributed by atoms with Crippen LogP contribution >= 0.6 is 12.2 Å². The molecule has 0 aliphatic carbocycles. The van der Waals surface area contributed by atoms with Crippen LogP contribution < -0.4 is 11.5 Å². The molecule has 0 aliphatic rings. The number of hydrogen-bond acceptors (Lipinski definition) is 4. The summed E-state index contributed by atoms with van der Waals surface area (Å²) in [4.78, 5) is 3.96. The zero-order chi connectivity index (χ0) is 9.84. The van der Waals surface area contributed by atoms with Crippen molar-refractivity contribution in [2.75, 3.05) is 11.5 Å². The molecule has 1 aromatic rings. The van der Waals surface area contributed by atoms with Gasteiger partial charge in [-0.05, 0) is 18.6 Å². The lowest BCUT2D eigenvalue weighted by molar-refractivity contribution is 0.620. The Morgan fingerprint density at radius 3 is 2.77 bits per heavy atom. The van der Waals surface area contributed by atoms with E-state index in [1.165, 1.54) is 0 Å². The van der Waals surface area contributed by atoms with Gasteiger partial charge in [-0.1, -0.05) is 13.3 Å². The third-order valence-electron chi connectivity index (χ3n) is 1.80. The SMILES string of the molecule is CCCCn1c(N)cc(N)nc1=S. The van der Waals surface area contributed by atoms with Crippen molar-refractivity contribution in [2.45, 2.75) is 26.3 Å². The predicted molar refractivity (Wildman–Crippen MR) is 56.8 cm³/mol. The van der Waals surface area contributed by atoms with E-state index in [0.717, 1.165) is 19.4 Å². The molecule has 0 bridgehead atoms. The van der Waals surface area contributed by atoms with Gasteiger partial charge in [0.2, 0.25) is 4.77 Å². The van der Waals surface area contributed by atoms with E-state index < -0.39 is 0 Å². The maximum atomic E-state index is 5.74. The number of nitrogens with two attached hydrogens (primary N) is 2. The summed E-state index contributed by atoms with van der Waals surface area (Å²) in [7, 11) is 0. The number of nitrogens with zero attached hydrogens (tertiary/aromatic N) is 2. The molecule has 0 unspecified atom stereocenters. The molecule has 0 aromatic carbocycles. The van der Waals surface area contributed by atoms with Crippen LogP contribution in [-0.2, 0) is 6.54 Å². The number of unbranched alkanes of at least 4 members (excludes halogenated alkanes) is 1. The minimum absolute atomic E-state index is 0.384. The van der Waals surface area contributed by atoms with Gasteiger partial charge in [0.1, 0.15) is 11.6 Å². The van der Waals surface area contributed by atoms with Gasteiger partial charge in [-0.3, -0.25) is 0 Å². The molecular formula is C8H14N4S. The molecule has 4 nitrogen and oxygen atoms in total. The molecule has 13 heavy (non-hydrogen) atoms. The maximum Gasteiger partial charge on any atom is 0.202 e. The molecule has 4 N–H and O–H groups in total. The Hall–Kier alpha value is -1.10. The van der Waals surface area contributed by atoms with Gasteiger partial charge < -0.3 is 16.0 Å². The quantitative estimate of drug-likeness (QED) is 0.723. The summed E-state index contributed by atoms with van der Waals surface area (Å²) in [5.41, 5.74) is 11.2. The van der Waals surface area contributed by atoms with Crippen molar-refractivity contribution < 1.29 is 0 Å². The Labute approximate surface area is 82.6 Å². The number of hydrogen-bond donors (Lipinski definition) is 2. The molecule has 0 spiro atoms. The zero-order valence-corrected chi connectivity index (χ0v) is 8.47. The molecule has 1 rings (SSSR count). The predicted octanol–water partition coefficient (Wildman–Crippen LogP) is 1.58. The van der Waals surface area contributed by atoms with Gasteiger partial charge in [0, 0.05) is 12.6 Å². The Kier molecular flexibility index (Phi) is 3.25.